The predicted octanol–water partition coefficient (Wildman–Crippen LogP) is 5.11. The molecule has 5 rings (SSSR count). The number of benzene rings is 3. The third-order valence-electron chi connectivity index (χ3n) is 5.22. The molecule has 0 spiro atoms. The molecule has 6 heteroatoms. The van der Waals surface area contributed by atoms with Crippen LogP contribution in [-0.4, -0.2) is 19.2 Å². The van der Waals surface area contributed by atoms with E-state index >= 15 is 0 Å². The highest BCUT2D eigenvalue weighted by atomic mass is 32.2. The highest BCUT2D eigenvalue weighted by molar-refractivity contribution is 7.99. The number of para-hydroxylation sites is 1. The van der Waals surface area contributed by atoms with Crippen LogP contribution in [0.2, 0.25) is 0 Å². The van der Waals surface area contributed by atoms with Crippen molar-refractivity contribution in [1.29, 1.82) is 0 Å². The minimum atomic E-state index is -0.0883. The first-order chi connectivity index (χ1) is 15.3. The van der Waals surface area contributed by atoms with Crippen LogP contribution in [0.4, 0.5) is 0 Å². The summed E-state index contributed by atoms with van der Waals surface area (Å²) < 4.78 is 3.59. The van der Waals surface area contributed by atoms with E-state index in [0.29, 0.717) is 17.7 Å². The first kappa shape index (κ1) is 19.3. The Morgan fingerprint density at radius 2 is 1.48 bits per heavy atom. The highest BCUT2D eigenvalue weighted by Gasteiger charge is 2.22. The van der Waals surface area contributed by atoms with Gasteiger partial charge in [0.25, 0.3) is 5.56 Å². The van der Waals surface area contributed by atoms with Gasteiger partial charge in [-0.2, -0.15) is 0 Å². The van der Waals surface area contributed by atoms with Gasteiger partial charge in [0.2, 0.25) is 5.78 Å². The van der Waals surface area contributed by atoms with Crippen LogP contribution in [0.15, 0.2) is 108 Å². The van der Waals surface area contributed by atoms with Crippen molar-refractivity contribution in [2.75, 3.05) is 0 Å². The lowest BCUT2D eigenvalue weighted by Crippen LogP contribution is -2.22. The Morgan fingerprint density at radius 1 is 0.871 bits per heavy atom. The quantitative estimate of drug-likeness (QED) is 0.281. The summed E-state index contributed by atoms with van der Waals surface area (Å²) in [5, 5.41) is 10.3. The van der Waals surface area contributed by atoms with E-state index in [1.807, 2.05) is 65.1 Å². The molecule has 2 aromatic heterocycles. The Balaban J connectivity index is 1.73. The van der Waals surface area contributed by atoms with Crippen molar-refractivity contribution in [2.24, 2.45) is 0 Å². The van der Waals surface area contributed by atoms with Gasteiger partial charge < -0.3 is 0 Å². The van der Waals surface area contributed by atoms with E-state index in [2.05, 4.69) is 41.0 Å². The van der Waals surface area contributed by atoms with Gasteiger partial charge in [0.05, 0.1) is 16.2 Å². The molecule has 152 valence electrons. The normalized spacial score (nSPS) is 11.4. The average molecular weight is 425 g/mol. The molecule has 0 aliphatic carbocycles. The highest BCUT2D eigenvalue weighted by Crippen LogP contribution is 2.40. The summed E-state index contributed by atoms with van der Waals surface area (Å²) in [6.45, 7) is 4.17. The van der Waals surface area contributed by atoms with Crippen molar-refractivity contribution < 1.29 is 0 Å². The molecule has 0 atom stereocenters. The number of rotatable bonds is 6. The molecule has 0 radical (unpaired) electrons. The summed E-state index contributed by atoms with van der Waals surface area (Å²) >= 11 is 1.63. The Bertz CT molecular complexity index is 1380. The zero-order valence-corrected chi connectivity index (χ0v) is 17.6. The zero-order chi connectivity index (χ0) is 21.2. The van der Waals surface area contributed by atoms with E-state index in [1.165, 1.54) is 11.1 Å². The average Bonchev–Trinajstić information content (AvgIpc) is 3.25. The van der Waals surface area contributed by atoms with E-state index in [0.717, 1.165) is 10.7 Å². The van der Waals surface area contributed by atoms with Gasteiger partial charge in [-0.1, -0.05) is 90.6 Å². The van der Waals surface area contributed by atoms with Crippen LogP contribution < -0.4 is 5.56 Å². The summed E-state index contributed by atoms with van der Waals surface area (Å²) in [5.41, 5.74) is 3.07. The second-order valence-electron chi connectivity index (χ2n) is 7.16. The van der Waals surface area contributed by atoms with Crippen LogP contribution in [-0.2, 0) is 6.54 Å². The number of allylic oxidation sites excluding steroid dienone is 1. The number of nitrogens with zero attached hydrogens (tertiary/aromatic N) is 4. The Labute approximate surface area is 183 Å². The SMILES string of the molecule is C=CCn1c(=O)c2ccccc2n2c(SC(c3ccccc3)c3ccccc3)nnc12. The zero-order valence-electron chi connectivity index (χ0n) is 16.8. The van der Waals surface area contributed by atoms with Crippen LogP contribution in [0.1, 0.15) is 16.4 Å². The molecule has 0 saturated heterocycles. The van der Waals surface area contributed by atoms with Crippen LogP contribution in [0.3, 0.4) is 0 Å². The molecule has 0 amide bonds. The number of fused-ring (bicyclic) bond motifs is 3. The molecule has 0 N–H and O–H groups in total. The van der Waals surface area contributed by atoms with Gasteiger partial charge in [-0.15, -0.1) is 16.8 Å². The minimum absolute atomic E-state index is 0.0355. The Hall–Kier alpha value is -3.64. The molecular formula is C25H20N4OS. The summed E-state index contributed by atoms with van der Waals surface area (Å²) in [5.74, 6) is 0.519. The molecule has 0 unspecified atom stereocenters. The van der Waals surface area contributed by atoms with E-state index in [1.54, 1.807) is 22.4 Å². The lowest BCUT2D eigenvalue weighted by atomic mass is 10.0. The molecule has 0 aliphatic heterocycles. The van der Waals surface area contributed by atoms with Crippen molar-refractivity contribution in [1.82, 2.24) is 19.2 Å². The summed E-state index contributed by atoms with van der Waals surface area (Å²) in [6, 6.07) is 28.3. The first-order valence-corrected chi connectivity index (χ1v) is 10.9. The maximum absolute atomic E-state index is 13.0. The van der Waals surface area contributed by atoms with Gasteiger partial charge in [-0.05, 0) is 23.3 Å². The number of thioether (sulfide) groups is 1. The standard InChI is InChI=1S/C25H20N4OS/c1-2-17-28-23(30)20-15-9-10-16-21(20)29-24(28)26-27-25(29)31-22(18-11-5-3-6-12-18)19-13-7-4-8-14-19/h2-16,22H,1,17H2. The number of hydrogen-bond acceptors (Lipinski definition) is 4. The monoisotopic (exact) mass is 424 g/mol. The molecule has 0 aliphatic rings. The molecule has 5 aromatic rings. The van der Waals surface area contributed by atoms with E-state index in [-0.39, 0.29) is 10.8 Å². The van der Waals surface area contributed by atoms with Gasteiger partial charge in [-0.25, -0.2) is 0 Å². The van der Waals surface area contributed by atoms with Crippen molar-refractivity contribution in [2.45, 2.75) is 17.0 Å². The first-order valence-electron chi connectivity index (χ1n) is 10.0. The van der Waals surface area contributed by atoms with Gasteiger partial charge in [0, 0.05) is 6.54 Å². The summed E-state index contributed by atoms with van der Waals surface area (Å²) in [4.78, 5) is 13.0. The second kappa shape index (κ2) is 8.24. The molecule has 5 nitrogen and oxygen atoms in total. The van der Waals surface area contributed by atoms with Crippen LogP contribution in [0, 0.1) is 0 Å². The number of aromatic nitrogens is 4. The van der Waals surface area contributed by atoms with Crippen molar-refractivity contribution >= 4 is 28.4 Å². The van der Waals surface area contributed by atoms with Gasteiger partial charge in [0.1, 0.15) is 0 Å². The smallest absolute Gasteiger partial charge is 0.263 e. The topological polar surface area (TPSA) is 52.2 Å². The van der Waals surface area contributed by atoms with Crippen LogP contribution in [0.25, 0.3) is 16.7 Å². The third-order valence-corrected chi connectivity index (χ3v) is 6.47. The second-order valence-corrected chi connectivity index (χ2v) is 8.23. The van der Waals surface area contributed by atoms with Gasteiger partial charge in [-0.3, -0.25) is 13.8 Å². The maximum Gasteiger partial charge on any atom is 0.263 e. The van der Waals surface area contributed by atoms with E-state index in [4.69, 9.17) is 0 Å². The lowest BCUT2D eigenvalue weighted by Gasteiger charge is -2.17. The predicted molar refractivity (Wildman–Crippen MR) is 126 cm³/mol. The van der Waals surface area contributed by atoms with Crippen LogP contribution >= 0.6 is 11.8 Å². The van der Waals surface area contributed by atoms with E-state index < -0.39 is 0 Å². The number of hydrogen-bond donors (Lipinski definition) is 0. The lowest BCUT2D eigenvalue weighted by molar-refractivity contribution is 0.783. The molecule has 2 heterocycles. The van der Waals surface area contributed by atoms with Gasteiger partial charge in [0.15, 0.2) is 5.16 Å². The molecular weight excluding hydrogens is 404 g/mol. The van der Waals surface area contributed by atoms with Gasteiger partial charge >= 0.3 is 0 Å². The molecule has 31 heavy (non-hydrogen) atoms. The van der Waals surface area contributed by atoms with Crippen molar-refractivity contribution in [3.8, 4) is 0 Å². The Kier molecular flexibility index (Phi) is 5.14. The fraction of sp³-hybridized carbons (Fsp3) is 0.0800. The molecule has 0 bridgehead atoms. The summed E-state index contributed by atoms with van der Waals surface area (Å²) in [6.07, 6.45) is 1.70. The summed E-state index contributed by atoms with van der Waals surface area (Å²) in [7, 11) is 0. The van der Waals surface area contributed by atoms with Crippen LogP contribution in [0.5, 0.6) is 0 Å². The maximum atomic E-state index is 13.0. The fourth-order valence-electron chi connectivity index (χ4n) is 3.79. The molecule has 0 fully saturated rings. The van der Waals surface area contributed by atoms with E-state index in [9.17, 15) is 4.79 Å². The largest absolute Gasteiger partial charge is 0.272 e. The fourth-order valence-corrected chi connectivity index (χ4v) is 4.96. The Morgan fingerprint density at radius 3 is 2.13 bits per heavy atom. The minimum Gasteiger partial charge on any atom is -0.272 e. The molecule has 0 saturated carbocycles. The third kappa shape index (κ3) is 3.45. The van der Waals surface area contributed by atoms with Crippen molar-refractivity contribution in [3.05, 3.63) is 119 Å². The van der Waals surface area contributed by atoms with Crippen molar-refractivity contribution in [3.63, 3.8) is 0 Å². The molecule has 3 aromatic carbocycles.